The van der Waals surface area contributed by atoms with Gasteiger partial charge >= 0.3 is 0 Å². The number of aromatic nitrogens is 4. The Hall–Kier alpha value is -6.78. The summed E-state index contributed by atoms with van der Waals surface area (Å²) < 4.78 is 0. The van der Waals surface area contributed by atoms with Gasteiger partial charge in [0.25, 0.3) is 0 Å². The number of benzene rings is 6. The van der Waals surface area contributed by atoms with Crippen LogP contribution in [0.5, 0.6) is 0 Å². The lowest BCUT2D eigenvalue weighted by Gasteiger charge is -2.42. The number of hydrogen-bond donors (Lipinski definition) is 0. The molecule has 260 valence electrons. The summed E-state index contributed by atoms with van der Waals surface area (Å²) >= 11 is 0. The summed E-state index contributed by atoms with van der Waals surface area (Å²) in [6, 6.07) is 60.4. The minimum Gasteiger partial charge on any atom is -0.256 e. The summed E-state index contributed by atoms with van der Waals surface area (Å²) in [5.41, 5.74) is 18.0. The summed E-state index contributed by atoms with van der Waals surface area (Å²) in [7, 11) is 0. The fourth-order valence-electron chi connectivity index (χ4n) is 9.31. The third-order valence-corrected chi connectivity index (χ3v) is 11.9. The van der Waals surface area contributed by atoms with E-state index in [4.69, 9.17) is 19.9 Å². The molecule has 0 atom stereocenters. The van der Waals surface area contributed by atoms with E-state index in [1.807, 2.05) is 66.9 Å². The molecule has 0 spiro atoms. The summed E-state index contributed by atoms with van der Waals surface area (Å²) in [5.74, 6) is 3.26. The molecule has 55 heavy (non-hydrogen) atoms. The van der Waals surface area contributed by atoms with Crippen molar-refractivity contribution in [2.45, 2.75) is 30.6 Å². The molecule has 0 amide bonds. The average Bonchev–Trinajstić information content (AvgIpc) is 3.73. The van der Waals surface area contributed by atoms with Gasteiger partial charge in [0, 0.05) is 40.3 Å². The normalized spacial score (nSPS) is 17.8. The Balaban J connectivity index is 0.846. The summed E-state index contributed by atoms with van der Waals surface area (Å²) in [6.45, 7) is 0. The molecule has 0 aliphatic heterocycles. The van der Waals surface area contributed by atoms with Crippen LogP contribution in [0.2, 0.25) is 0 Å². The molecule has 0 unspecified atom stereocenters. The zero-order chi connectivity index (χ0) is 36.3. The third-order valence-electron chi connectivity index (χ3n) is 11.9. The van der Waals surface area contributed by atoms with Gasteiger partial charge in [-0.05, 0) is 69.8 Å². The van der Waals surface area contributed by atoms with E-state index >= 15 is 0 Å². The molecule has 4 heteroatoms. The summed E-state index contributed by atoms with van der Waals surface area (Å²) in [5, 5.41) is 0. The van der Waals surface area contributed by atoms with Crippen LogP contribution in [-0.4, -0.2) is 19.9 Å². The maximum Gasteiger partial charge on any atom is 0.164 e. The van der Waals surface area contributed by atoms with Gasteiger partial charge in [-0.2, -0.15) is 0 Å². The van der Waals surface area contributed by atoms with Gasteiger partial charge in [-0.15, -0.1) is 0 Å². The van der Waals surface area contributed by atoms with Crippen LogP contribution in [0.3, 0.4) is 0 Å². The molecule has 8 aromatic rings. The lowest BCUT2D eigenvalue weighted by Crippen LogP contribution is -2.26. The minimum absolute atomic E-state index is 0.397. The van der Waals surface area contributed by atoms with Gasteiger partial charge in [-0.1, -0.05) is 169 Å². The van der Waals surface area contributed by atoms with Crippen LogP contribution in [0, 0.1) is 0 Å². The fourth-order valence-corrected chi connectivity index (χ4v) is 9.31. The number of allylic oxidation sites excluding steroid dienone is 2. The zero-order valence-electron chi connectivity index (χ0n) is 30.2. The number of pyridine rings is 1. The van der Waals surface area contributed by atoms with Crippen molar-refractivity contribution in [3.05, 3.63) is 215 Å². The van der Waals surface area contributed by atoms with Crippen LogP contribution in [0.1, 0.15) is 58.4 Å². The van der Waals surface area contributed by atoms with Crippen molar-refractivity contribution in [3.63, 3.8) is 0 Å². The Morgan fingerprint density at radius 1 is 0.364 bits per heavy atom. The highest BCUT2D eigenvalue weighted by molar-refractivity contribution is 5.74. The van der Waals surface area contributed by atoms with Crippen molar-refractivity contribution < 1.29 is 0 Å². The third kappa shape index (κ3) is 5.44. The molecule has 4 aliphatic carbocycles. The topological polar surface area (TPSA) is 51.6 Å². The zero-order valence-corrected chi connectivity index (χ0v) is 30.2. The van der Waals surface area contributed by atoms with E-state index in [9.17, 15) is 0 Å². The fraction of sp³-hybridized carbons (Fsp3) is 0.0980. The summed E-state index contributed by atoms with van der Waals surface area (Å²) in [6.07, 6.45) is 4.18. The van der Waals surface area contributed by atoms with Crippen LogP contribution >= 0.6 is 0 Å². The van der Waals surface area contributed by atoms with Gasteiger partial charge in [0.15, 0.2) is 17.5 Å². The maximum absolute atomic E-state index is 4.91. The van der Waals surface area contributed by atoms with Crippen molar-refractivity contribution in [1.82, 2.24) is 19.9 Å². The van der Waals surface area contributed by atoms with Crippen molar-refractivity contribution in [1.29, 1.82) is 0 Å². The second-order valence-electron chi connectivity index (χ2n) is 14.9. The highest BCUT2D eigenvalue weighted by Crippen LogP contribution is 2.62. The van der Waals surface area contributed by atoms with E-state index in [-0.39, 0.29) is 0 Å². The number of rotatable bonds is 6. The van der Waals surface area contributed by atoms with E-state index < -0.39 is 0 Å². The molecule has 12 rings (SSSR count). The molecule has 0 fully saturated rings. The van der Waals surface area contributed by atoms with Crippen LogP contribution in [0.4, 0.5) is 0 Å². The molecule has 0 radical (unpaired) electrons. The average molecular weight is 705 g/mol. The molecule has 2 aromatic heterocycles. The van der Waals surface area contributed by atoms with Crippen LogP contribution in [0.25, 0.3) is 56.5 Å². The largest absolute Gasteiger partial charge is 0.256 e. The first-order valence-electron chi connectivity index (χ1n) is 19.2. The molecule has 6 aromatic carbocycles. The van der Waals surface area contributed by atoms with Crippen LogP contribution < -0.4 is 0 Å². The molecule has 0 N–H and O–H groups in total. The smallest absolute Gasteiger partial charge is 0.164 e. The van der Waals surface area contributed by atoms with E-state index in [0.29, 0.717) is 35.2 Å². The van der Waals surface area contributed by atoms with E-state index in [0.717, 1.165) is 51.9 Å². The van der Waals surface area contributed by atoms with Gasteiger partial charge in [0.2, 0.25) is 0 Å². The monoisotopic (exact) mass is 704 g/mol. The Labute approximate surface area is 321 Å². The Morgan fingerprint density at radius 2 is 0.782 bits per heavy atom. The van der Waals surface area contributed by atoms with Gasteiger partial charge in [0.05, 0.1) is 5.69 Å². The van der Waals surface area contributed by atoms with Crippen molar-refractivity contribution in [3.8, 4) is 56.5 Å². The van der Waals surface area contributed by atoms with Gasteiger partial charge in [-0.3, -0.25) is 4.98 Å². The molecule has 0 saturated heterocycles. The highest BCUT2D eigenvalue weighted by Gasteiger charge is 2.46. The molecule has 0 saturated carbocycles. The van der Waals surface area contributed by atoms with E-state index in [2.05, 4.69) is 109 Å². The Morgan fingerprint density at radius 3 is 1.27 bits per heavy atom. The quantitative estimate of drug-likeness (QED) is 0.162. The predicted octanol–water partition coefficient (Wildman–Crippen LogP) is 12.1. The van der Waals surface area contributed by atoms with Crippen molar-refractivity contribution in [2.75, 3.05) is 0 Å². The number of nitrogens with zero attached hydrogens (tertiary/aromatic N) is 4. The SMILES string of the molecule is c1ccc(-c2nc(-c3ccccc3)nc(-c3ccc(-c4ccnc(-c5ccc(C6CC7=C(C6)C6c8ccccc8C7c7ccccc76)cc5)c4)cc3)n2)cc1. The molecular formula is C51H36N4. The molecule has 2 bridgehead atoms. The second kappa shape index (κ2) is 13.0. The van der Waals surface area contributed by atoms with Gasteiger partial charge in [0.1, 0.15) is 0 Å². The predicted molar refractivity (Wildman–Crippen MR) is 220 cm³/mol. The Kier molecular flexibility index (Phi) is 7.48. The standard InChI is InChI=1S/C51H36N4/c1-3-11-35(12-4-1)49-53-50(36-13-5-2-6-14-36)55-51(54-49)37-25-21-32(22-26-37)38-27-28-52-46(31-38)34-23-19-33(20-24-34)39-29-44-45(30-39)48-41-16-8-7-15-40(41)47(44)42-17-9-10-18-43(42)48/h1-28,31,39,47-48H,29-30H2. The number of hydrogen-bond acceptors (Lipinski definition) is 4. The first-order chi connectivity index (χ1) is 27.2. The van der Waals surface area contributed by atoms with Gasteiger partial charge < -0.3 is 0 Å². The molecular weight excluding hydrogens is 669 g/mol. The van der Waals surface area contributed by atoms with Crippen LogP contribution in [0.15, 0.2) is 187 Å². The Bertz CT molecular complexity index is 2590. The molecule has 2 heterocycles. The maximum atomic E-state index is 4.91. The van der Waals surface area contributed by atoms with Gasteiger partial charge in [-0.25, -0.2) is 15.0 Å². The minimum atomic E-state index is 0.397. The lowest BCUT2D eigenvalue weighted by molar-refractivity contribution is 0.719. The first kappa shape index (κ1) is 31.7. The van der Waals surface area contributed by atoms with Crippen LogP contribution in [-0.2, 0) is 0 Å². The van der Waals surface area contributed by atoms with E-state index in [1.165, 1.54) is 27.8 Å². The first-order valence-corrected chi connectivity index (χ1v) is 19.2. The highest BCUT2D eigenvalue weighted by atomic mass is 15.0. The summed E-state index contributed by atoms with van der Waals surface area (Å²) in [4.78, 5) is 19.5. The molecule has 4 nitrogen and oxygen atoms in total. The van der Waals surface area contributed by atoms with Crippen molar-refractivity contribution >= 4 is 0 Å². The molecule has 4 aliphatic rings. The van der Waals surface area contributed by atoms with Crippen molar-refractivity contribution in [2.24, 2.45) is 0 Å². The lowest BCUT2D eigenvalue weighted by atomic mass is 9.62. The second-order valence-corrected chi connectivity index (χ2v) is 14.9. The van der Waals surface area contributed by atoms with E-state index in [1.54, 1.807) is 11.1 Å².